The third-order valence-electron chi connectivity index (χ3n) is 4.14. The topological polar surface area (TPSA) is 64.3 Å². The molecular formula is C17H26N2O2. The van der Waals surface area contributed by atoms with Gasteiger partial charge in [0.15, 0.2) is 0 Å². The maximum absolute atomic E-state index is 12.2. The summed E-state index contributed by atoms with van der Waals surface area (Å²) in [5.41, 5.74) is 6.56. The Labute approximate surface area is 127 Å². The first kappa shape index (κ1) is 15.8. The maximum Gasteiger partial charge on any atom is 0.251 e. The van der Waals surface area contributed by atoms with E-state index in [1.807, 2.05) is 31.2 Å². The second-order valence-corrected chi connectivity index (χ2v) is 5.95. The van der Waals surface area contributed by atoms with Crippen LogP contribution in [-0.4, -0.2) is 24.1 Å². The van der Waals surface area contributed by atoms with Crippen LogP contribution >= 0.6 is 0 Å². The van der Waals surface area contributed by atoms with Gasteiger partial charge < -0.3 is 15.8 Å². The number of hydrogen-bond donors (Lipinski definition) is 2. The lowest BCUT2D eigenvalue weighted by Crippen LogP contribution is -2.40. The van der Waals surface area contributed by atoms with Gasteiger partial charge in [-0.25, -0.2) is 0 Å². The van der Waals surface area contributed by atoms with Crippen molar-refractivity contribution in [2.45, 2.75) is 64.1 Å². The molecule has 1 aromatic carbocycles. The highest BCUT2D eigenvalue weighted by atomic mass is 16.5. The molecular weight excluding hydrogens is 264 g/mol. The highest BCUT2D eigenvalue weighted by Gasteiger charge is 2.20. The van der Waals surface area contributed by atoms with Crippen molar-refractivity contribution in [2.24, 2.45) is 5.73 Å². The summed E-state index contributed by atoms with van der Waals surface area (Å²) in [7, 11) is 0. The van der Waals surface area contributed by atoms with Crippen LogP contribution in [0.5, 0.6) is 5.75 Å². The molecule has 1 fully saturated rings. The number of rotatable bonds is 5. The fourth-order valence-electron chi connectivity index (χ4n) is 2.53. The summed E-state index contributed by atoms with van der Waals surface area (Å²) < 4.78 is 5.71. The highest BCUT2D eigenvalue weighted by molar-refractivity contribution is 5.94. The highest BCUT2D eigenvalue weighted by Crippen LogP contribution is 2.18. The van der Waals surface area contributed by atoms with E-state index in [1.165, 1.54) is 0 Å². The molecule has 0 saturated heterocycles. The largest absolute Gasteiger partial charge is 0.491 e. The van der Waals surface area contributed by atoms with E-state index in [-0.39, 0.29) is 18.1 Å². The fraction of sp³-hybridized carbons (Fsp3) is 0.588. The molecule has 4 nitrogen and oxygen atoms in total. The van der Waals surface area contributed by atoms with Gasteiger partial charge in [-0.15, -0.1) is 0 Å². The molecule has 1 aliphatic carbocycles. The minimum atomic E-state index is -0.00874. The standard InChI is InChI=1S/C17H26N2O2/c1-3-12(2)21-16-10-4-13(5-11-16)17(20)19-15-8-6-14(18)7-9-15/h4-5,10-12,14-15H,3,6-9,18H2,1-2H3,(H,19,20). The average Bonchev–Trinajstić information content (AvgIpc) is 2.50. The Kier molecular flexibility index (Phi) is 5.62. The molecule has 21 heavy (non-hydrogen) atoms. The van der Waals surface area contributed by atoms with Gasteiger partial charge in [0, 0.05) is 17.6 Å². The van der Waals surface area contributed by atoms with Gasteiger partial charge in [0.2, 0.25) is 0 Å². The van der Waals surface area contributed by atoms with Crippen molar-refractivity contribution in [3.05, 3.63) is 29.8 Å². The van der Waals surface area contributed by atoms with Crippen molar-refractivity contribution in [1.82, 2.24) is 5.32 Å². The summed E-state index contributed by atoms with van der Waals surface area (Å²) in [6.45, 7) is 4.12. The lowest BCUT2D eigenvalue weighted by Gasteiger charge is -2.26. The lowest BCUT2D eigenvalue weighted by atomic mass is 9.91. The van der Waals surface area contributed by atoms with Gasteiger partial charge in [-0.05, 0) is 63.3 Å². The van der Waals surface area contributed by atoms with Crippen molar-refractivity contribution in [1.29, 1.82) is 0 Å². The van der Waals surface area contributed by atoms with E-state index in [0.717, 1.165) is 37.9 Å². The Morgan fingerprint density at radius 1 is 1.29 bits per heavy atom. The van der Waals surface area contributed by atoms with E-state index in [9.17, 15) is 4.79 Å². The zero-order chi connectivity index (χ0) is 15.2. The van der Waals surface area contributed by atoms with Crippen LogP contribution in [0.15, 0.2) is 24.3 Å². The van der Waals surface area contributed by atoms with Gasteiger partial charge in [-0.3, -0.25) is 4.79 Å². The van der Waals surface area contributed by atoms with Crippen LogP contribution in [0.1, 0.15) is 56.3 Å². The number of ether oxygens (including phenoxy) is 1. The number of carbonyl (C=O) groups is 1. The third kappa shape index (κ3) is 4.74. The molecule has 0 aromatic heterocycles. The maximum atomic E-state index is 12.2. The summed E-state index contributed by atoms with van der Waals surface area (Å²) >= 11 is 0. The van der Waals surface area contributed by atoms with Gasteiger partial charge in [-0.2, -0.15) is 0 Å². The number of carbonyl (C=O) groups excluding carboxylic acids is 1. The van der Waals surface area contributed by atoms with Gasteiger partial charge in [0.25, 0.3) is 5.91 Å². The Balaban J connectivity index is 1.87. The van der Waals surface area contributed by atoms with Crippen LogP contribution in [0.4, 0.5) is 0 Å². The van der Waals surface area contributed by atoms with E-state index in [1.54, 1.807) is 0 Å². The van der Waals surface area contributed by atoms with Crippen molar-refractivity contribution in [3.63, 3.8) is 0 Å². The monoisotopic (exact) mass is 290 g/mol. The van der Waals surface area contributed by atoms with Crippen LogP contribution in [0, 0.1) is 0 Å². The SMILES string of the molecule is CCC(C)Oc1ccc(C(=O)NC2CCC(N)CC2)cc1. The second-order valence-electron chi connectivity index (χ2n) is 5.95. The van der Waals surface area contributed by atoms with Gasteiger partial charge in [-0.1, -0.05) is 6.92 Å². The summed E-state index contributed by atoms with van der Waals surface area (Å²) in [5, 5.41) is 3.09. The molecule has 3 N–H and O–H groups in total. The molecule has 0 bridgehead atoms. The predicted molar refractivity (Wildman–Crippen MR) is 84.5 cm³/mol. The van der Waals surface area contributed by atoms with E-state index in [4.69, 9.17) is 10.5 Å². The molecule has 1 atom stereocenters. The molecule has 0 aliphatic heterocycles. The van der Waals surface area contributed by atoms with E-state index >= 15 is 0 Å². The molecule has 1 aliphatic rings. The molecule has 0 spiro atoms. The van der Waals surface area contributed by atoms with Crippen molar-refractivity contribution < 1.29 is 9.53 Å². The minimum absolute atomic E-state index is 0.00874. The summed E-state index contributed by atoms with van der Waals surface area (Å²) in [4.78, 5) is 12.2. The van der Waals surface area contributed by atoms with Crippen molar-refractivity contribution in [2.75, 3.05) is 0 Å². The minimum Gasteiger partial charge on any atom is -0.491 e. The van der Waals surface area contributed by atoms with E-state index in [2.05, 4.69) is 12.2 Å². The summed E-state index contributed by atoms with van der Waals surface area (Å²) in [6.07, 6.45) is 5.09. The number of nitrogens with one attached hydrogen (secondary N) is 1. The Bertz CT molecular complexity index is 450. The van der Waals surface area contributed by atoms with Crippen LogP contribution in [0.2, 0.25) is 0 Å². The number of benzene rings is 1. The Hall–Kier alpha value is -1.55. The van der Waals surface area contributed by atoms with E-state index in [0.29, 0.717) is 11.6 Å². The predicted octanol–water partition coefficient (Wildman–Crippen LogP) is 2.86. The van der Waals surface area contributed by atoms with Gasteiger partial charge >= 0.3 is 0 Å². The number of hydrogen-bond acceptors (Lipinski definition) is 3. The molecule has 4 heteroatoms. The van der Waals surface area contributed by atoms with E-state index < -0.39 is 0 Å². The molecule has 1 aromatic rings. The number of amides is 1. The molecule has 2 rings (SSSR count). The Morgan fingerprint density at radius 2 is 1.90 bits per heavy atom. The summed E-state index contributed by atoms with van der Waals surface area (Å²) in [6, 6.07) is 7.92. The average molecular weight is 290 g/mol. The quantitative estimate of drug-likeness (QED) is 0.876. The van der Waals surface area contributed by atoms with Gasteiger partial charge in [0.1, 0.15) is 5.75 Å². The van der Waals surface area contributed by atoms with Crippen LogP contribution in [0.3, 0.4) is 0 Å². The van der Waals surface area contributed by atoms with Crippen LogP contribution in [-0.2, 0) is 0 Å². The molecule has 0 heterocycles. The van der Waals surface area contributed by atoms with Crippen LogP contribution < -0.4 is 15.8 Å². The zero-order valence-corrected chi connectivity index (χ0v) is 13.0. The first-order valence-corrected chi connectivity index (χ1v) is 7.91. The number of nitrogens with two attached hydrogens (primary N) is 1. The lowest BCUT2D eigenvalue weighted by molar-refractivity contribution is 0.0926. The van der Waals surface area contributed by atoms with Gasteiger partial charge in [0.05, 0.1) is 6.10 Å². The molecule has 1 unspecified atom stereocenters. The molecule has 116 valence electrons. The Morgan fingerprint density at radius 3 is 2.48 bits per heavy atom. The normalized spacial score (nSPS) is 23.4. The third-order valence-corrected chi connectivity index (χ3v) is 4.14. The first-order valence-electron chi connectivity index (χ1n) is 7.91. The molecule has 0 radical (unpaired) electrons. The van der Waals surface area contributed by atoms with Crippen molar-refractivity contribution in [3.8, 4) is 5.75 Å². The van der Waals surface area contributed by atoms with Crippen LogP contribution in [0.25, 0.3) is 0 Å². The molecule has 1 amide bonds. The zero-order valence-electron chi connectivity index (χ0n) is 13.0. The smallest absolute Gasteiger partial charge is 0.251 e. The molecule has 1 saturated carbocycles. The van der Waals surface area contributed by atoms with Crippen molar-refractivity contribution >= 4 is 5.91 Å². The summed E-state index contributed by atoms with van der Waals surface area (Å²) in [5.74, 6) is 0.801. The fourth-order valence-corrected chi connectivity index (χ4v) is 2.53. The first-order chi connectivity index (χ1) is 10.1. The second kappa shape index (κ2) is 7.46.